The van der Waals surface area contributed by atoms with E-state index in [-0.39, 0.29) is 0 Å². The van der Waals surface area contributed by atoms with E-state index in [1.165, 1.54) is 38.9 Å². The molecule has 1 rings (SSSR count). The summed E-state index contributed by atoms with van der Waals surface area (Å²) in [6, 6.07) is 0. The summed E-state index contributed by atoms with van der Waals surface area (Å²) in [7, 11) is 0. The lowest BCUT2D eigenvalue weighted by Crippen LogP contribution is -2.38. The summed E-state index contributed by atoms with van der Waals surface area (Å²) in [5.41, 5.74) is 0.419. The largest absolute Gasteiger partial charge is 0.315 e. The van der Waals surface area contributed by atoms with Crippen LogP contribution in [0.25, 0.3) is 0 Å². The van der Waals surface area contributed by atoms with Gasteiger partial charge in [-0.05, 0) is 31.3 Å². The Kier molecular flexibility index (Phi) is 4.90. The maximum Gasteiger partial charge on any atom is 0.0107 e. The zero-order chi connectivity index (χ0) is 10.4. The van der Waals surface area contributed by atoms with Crippen LogP contribution < -0.4 is 5.32 Å². The van der Waals surface area contributed by atoms with E-state index < -0.39 is 0 Å². The van der Waals surface area contributed by atoms with Crippen molar-refractivity contribution in [3.05, 3.63) is 0 Å². The molecule has 0 bridgehead atoms. The maximum atomic E-state index is 3.53. The molecule has 1 fully saturated rings. The van der Waals surface area contributed by atoms with Crippen LogP contribution in [0.4, 0.5) is 0 Å². The van der Waals surface area contributed by atoms with Crippen molar-refractivity contribution in [1.29, 1.82) is 0 Å². The van der Waals surface area contributed by atoms with Gasteiger partial charge in [-0.3, -0.25) is 0 Å². The lowest BCUT2D eigenvalue weighted by Gasteiger charge is -2.27. The second kappa shape index (κ2) is 5.72. The summed E-state index contributed by atoms with van der Waals surface area (Å²) in [5, 5.41) is 3.53. The highest BCUT2D eigenvalue weighted by Gasteiger charge is 2.11. The van der Waals surface area contributed by atoms with E-state index in [9.17, 15) is 0 Å². The minimum Gasteiger partial charge on any atom is -0.315 e. The monoisotopic (exact) mass is 198 g/mol. The zero-order valence-electron chi connectivity index (χ0n) is 10.1. The Balaban J connectivity index is 1.97. The van der Waals surface area contributed by atoms with Crippen molar-refractivity contribution in [2.45, 2.75) is 40.0 Å². The molecule has 0 unspecified atom stereocenters. The Morgan fingerprint density at radius 2 is 1.71 bits per heavy atom. The lowest BCUT2D eigenvalue weighted by atomic mass is 9.97. The van der Waals surface area contributed by atoms with Crippen LogP contribution in [0.3, 0.4) is 0 Å². The molecule has 0 radical (unpaired) electrons. The minimum absolute atomic E-state index is 0.419. The van der Waals surface area contributed by atoms with Crippen molar-refractivity contribution in [3.8, 4) is 0 Å². The molecular formula is C12H26N2. The Morgan fingerprint density at radius 3 is 2.29 bits per heavy atom. The van der Waals surface area contributed by atoms with E-state index in [4.69, 9.17) is 0 Å². The van der Waals surface area contributed by atoms with Gasteiger partial charge < -0.3 is 10.2 Å². The maximum absolute atomic E-state index is 3.53. The number of hydrogen-bond donors (Lipinski definition) is 1. The van der Waals surface area contributed by atoms with E-state index in [0.29, 0.717) is 5.41 Å². The van der Waals surface area contributed by atoms with Gasteiger partial charge in [0, 0.05) is 19.6 Å². The molecule has 0 amide bonds. The molecule has 0 aromatic heterocycles. The van der Waals surface area contributed by atoms with Crippen LogP contribution in [0.15, 0.2) is 0 Å². The predicted octanol–water partition coefficient (Wildman–Crippen LogP) is 2.11. The predicted molar refractivity (Wildman–Crippen MR) is 62.6 cm³/mol. The van der Waals surface area contributed by atoms with Crippen LogP contribution in [0.5, 0.6) is 0 Å². The average Bonchev–Trinajstić information content (AvgIpc) is 2.13. The third-order valence-corrected chi connectivity index (χ3v) is 2.71. The number of nitrogens with zero attached hydrogens (tertiary/aromatic N) is 1. The molecule has 84 valence electrons. The quantitative estimate of drug-likeness (QED) is 0.696. The first-order chi connectivity index (χ1) is 6.58. The summed E-state index contributed by atoms with van der Waals surface area (Å²) in [5.74, 6) is 0. The third kappa shape index (κ3) is 5.61. The highest BCUT2D eigenvalue weighted by Crippen LogP contribution is 2.10. The lowest BCUT2D eigenvalue weighted by molar-refractivity contribution is 0.225. The smallest absolute Gasteiger partial charge is 0.0107 e. The van der Waals surface area contributed by atoms with Crippen molar-refractivity contribution in [2.75, 3.05) is 32.7 Å². The fourth-order valence-electron chi connectivity index (χ4n) is 1.88. The Labute approximate surface area is 89.1 Å². The minimum atomic E-state index is 0.419. The van der Waals surface area contributed by atoms with Crippen LogP contribution in [0, 0.1) is 5.41 Å². The Hall–Kier alpha value is -0.0800. The molecule has 1 aliphatic heterocycles. The summed E-state index contributed by atoms with van der Waals surface area (Å²) >= 11 is 0. The molecule has 0 atom stereocenters. The van der Waals surface area contributed by atoms with Gasteiger partial charge in [0.05, 0.1) is 0 Å². The molecule has 1 N–H and O–H groups in total. The highest BCUT2D eigenvalue weighted by molar-refractivity contribution is 4.68. The SMILES string of the molecule is CC(C)(C)CNCCN1CCCCC1. The van der Waals surface area contributed by atoms with Gasteiger partial charge in [-0.15, -0.1) is 0 Å². The number of nitrogens with one attached hydrogen (secondary N) is 1. The van der Waals surface area contributed by atoms with Crippen LogP contribution >= 0.6 is 0 Å². The molecule has 0 aromatic carbocycles. The molecule has 0 aliphatic carbocycles. The van der Waals surface area contributed by atoms with Gasteiger partial charge in [0.15, 0.2) is 0 Å². The first kappa shape index (κ1) is 12.0. The molecule has 0 spiro atoms. The molecule has 2 heteroatoms. The molecule has 1 heterocycles. The molecule has 1 saturated heterocycles. The standard InChI is InChI=1S/C12H26N2/c1-12(2,3)11-13-7-10-14-8-5-4-6-9-14/h13H,4-11H2,1-3H3. The van der Waals surface area contributed by atoms with Crippen molar-refractivity contribution < 1.29 is 0 Å². The molecule has 2 nitrogen and oxygen atoms in total. The van der Waals surface area contributed by atoms with E-state index in [0.717, 1.165) is 13.1 Å². The first-order valence-electron chi connectivity index (χ1n) is 6.01. The number of rotatable bonds is 4. The molecule has 0 aromatic rings. The topological polar surface area (TPSA) is 15.3 Å². The molecule has 0 saturated carbocycles. The summed E-state index contributed by atoms with van der Waals surface area (Å²) in [6.45, 7) is 13.0. The summed E-state index contributed by atoms with van der Waals surface area (Å²) in [6.07, 6.45) is 4.24. The molecule has 1 aliphatic rings. The highest BCUT2D eigenvalue weighted by atomic mass is 15.1. The summed E-state index contributed by atoms with van der Waals surface area (Å²) < 4.78 is 0. The average molecular weight is 198 g/mol. The third-order valence-electron chi connectivity index (χ3n) is 2.71. The first-order valence-corrected chi connectivity index (χ1v) is 6.01. The van der Waals surface area contributed by atoms with Crippen molar-refractivity contribution >= 4 is 0 Å². The second-order valence-corrected chi connectivity index (χ2v) is 5.64. The van der Waals surface area contributed by atoms with Crippen LogP contribution in [0.2, 0.25) is 0 Å². The van der Waals surface area contributed by atoms with Crippen molar-refractivity contribution in [1.82, 2.24) is 10.2 Å². The van der Waals surface area contributed by atoms with Gasteiger partial charge in [-0.1, -0.05) is 27.2 Å². The second-order valence-electron chi connectivity index (χ2n) is 5.64. The van der Waals surface area contributed by atoms with E-state index >= 15 is 0 Å². The summed E-state index contributed by atoms with van der Waals surface area (Å²) in [4.78, 5) is 2.58. The van der Waals surface area contributed by atoms with Crippen molar-refractivity contribution in [3.63, 3.8) is 0 Å². The zero-order valence-corrected chi connectivity index (χ0v) is 10.1. The number of hydrogen-bond acceptors (Lipinski definition) is 2. The molecule has 14 heavy (non-hydrogen) atoms. The van der Waals surface area contributed by atoms with Crippen LogP contribution in [-0.2, 0) is 0 Å². The molecular weight excluding hydrogens is 172 g/mol. The van der Waals surface area contributed by atoms with Gasteiger partial charge in [0.1, 0.15) is 0 Å². The number of piperidine rings is 1. The Morgan fingerprint density at radius 1 is 1.07 bits per heavy atom. The van der Waals surface area contributed by atoms with E-state index in [2.05, 4.69) is 31.0 Å². The van der Waals surface area contributed by atoms with Gasteiger partial charge in [0.2, 0.25) is 0 Å². The van der Waals surface area contributed by atoms with Gasteiger partial charge in [0.25, 0.3) is 0 Å². The van der Waals surface area contributed by atoms with E-state index in [1.807, 2.05) is 0 Å². The normalized spacial score (nSPS) is 19.9. The fraction of sp³-hybridized carbons (Fsp3) is 1.00. The Bertz CT molecular complexity index is 143. The van der Waals surface area contributed by atoms with E-state index in [1.54, 1.807) is 0 Å². The van der Waals surface area contributed by atoms with Gasteiger partial charge in [-0.25, -0.2) is 0 Å². The van der Waals surface area contributed by atoms with Crippen molar-refractivity contribution in [2.24, 2.45) is 5.41 Å². The van der Waals surface area contributed by atoms with Crippen LogP contribution in [0.1, 0.15) is 40.0 Å². The number of likely N-dealkylation sites (tertiary alicyclic amines) is 1. The van der Waals surface area contributed by atoms with Gasteiger partial charge in [-0.2, -0.15) is 0 Å². The fourth-order valence-corrected chi connectivity index (χ4v) is 1.88. The van der Waals surface area contributed by atoms with Gasteiger partial charge >= 0.3 is 0 Å². The van der Waals surface area contributed by atoms with Crippen LogP contribution in [-0.4, -0.2) is 37.6 Å².